The molecule has 2 N–H and O–H groups in total. The summed E-state index contributed by atoms with van der Waals surface area (Å²) in [6.07, 6.45) is 1.99. The van der Waals surface area contributed by atoms with E-state index in [4.69, 9.17) is 4.74 Å². The normalized spacial score (nSPS) is 14.1. The summed E-state index contributed by atoms with van der Waals surface area (Å²) in [4.78, 5) is 23.5. The van der Waals surface area contributed by atoms with Crippen molar-refractivity contribution < 1.29 is 9.53 Å². The molecule has 2 aromatic rings. The number of benzene rings is 1. The molecule has 1 saturated heterocycles. The summed E-state index contributed by atoms with van der Waals surface area (Å²) >= 11 is 0. The smallest absolute Gasteiger partial charge is 0.270 e. The molecule has 0 unspecified atom stereocenters. The van der Waals surface area contributed by atoms with Gasteiger partial charge in [-0.15, -0.1) is 0 Å². The maximum absolute atomic E-state index is 12.3. The molecule has 3 rings (SSSR count). The van der Waals surface area contributed by atoms with E-state index >= 15 is 0 Å². The number of rotatable bonds is 7. The highest BCUT2D eigenvalue weighted by atomic mass is 16.5. The molecule has 1 aromatic heterocycles. The Morgan fingerprint density at radius 3 is 2.78 bits per heavy atom. The lowest BCUT2D eigenvalue weighted by molar-refractivity contribution is 0.0948. The lowest BCUT2D eigenvalue weighted by Crippen LogP contribution is -2.36. The number of nitrogens with one attached hydrogen (secondary N) is 2. The summed E-state index contributed by atoms with van der Waals surface area (Å²) in [6.45, 7) is 7.74. The van der Waals surface area contributed by atoms with E-state index < -0.39 is 0 Å². The van der Waals surface area contributed by atoms with E-state index in [0.717, 1.165) is 56.2 Å². The minimum Gasteiger partial charge on any atom is -0.378 e. The number of nitrogens with zero attached hydrogens (tertiary/aromatic N) is 3. The Kier molecular flexibility index (Phi) is 6.59. The molecule has 144 valence electrons. The van der Waals surface area contributed by atoms with Gasteiger partial charge in [0.15, 0.2) is 0 Å². The third-order valence-electron chi connectivity index (χ3n) is 4.41. The number of amides is 1. The maximum Gasteiger partial charge on any atom is 0.270 e. The number of hydrogen-bond donors (Lipinski definition) is 2. The minimum absolute atomic E-state index is 0.168. The first kappa shape index (κ1) is 19.1. The highest BCUT2D eigenvalue weighted by Crippen LogP contribution is 2.28. The average molecular weight is 369 g/mol. The molecule has 1 aliphatic rings. The number of unbranched alkanes of at least 4 members (excludes halogenated alkanes) is 1. The van der Waals surface area contributed by atoms with Crippen molar-refractivity contribution in [1.82, 2.24) is 15.3 Å². The van der Waals surface area contributed by atoms with E-state index in [1.54, 1.807) is 6.07 Å². The van der Waals surface area contributed by atoms with Gasteiger partial charge in [0.05, 0.1) is 24.6 Å². The summed E-state index contributed by atoms with van der Waals surface area (Å²) in [5.41, 5.74) is 3.13. The third kappa shape index (κ3) is 5.17. The monoisotopic (exact) mass is 369 g/mol. The van der Waals surface area contributed by atoms with Gasteiger partial charge in [0.2, 0.25) is 5.95 Å². The zero-order valence-corrected chi connectivity index (χ0v) is 16.0. The largest absolute Gasteiger partial charge is 0.378 e. The quantitative estimate of drug-likeness (QED) is 0.731. The van der Waals surface area contributed by atoms with Crippen LogP contribution in [0.15, 0.2) is 30.3 Å². The topological polar surface area (TPSA) is 79.4 Å². The van der Waals surface area contributed by atoms with Crippen LogP contribution in [-0.2, 0) is 4.74 Å². The van der Waals surface area contributed by atoms with E-state index in [1.807, 2.05) is 25.1 Å². The van der Waals surface area contributed by atoms with Crippen molar-refractivity contribution in [2.24, 2.45) is 0 Å². The molecule has 0 radical (unpaired) electrons. The second-order valence-corrected chi connectivity index (χ2v) is 6.57. The lowest BCUT2D eigenvalue weighted by Gasteiger charge is -2.30. The molecule has 1 amide bonds. The zero-order valence-electron chi connectivity index (χ0n) is 16.0. The predicted molar refractivity (Wildman–Crippen MR) is 107 cm³/mol. The maximum atomic E-state index is 12.3. The fourth-order valence-corrected chi connectivity index (χ4v) is 2.99. The second kappa shape index (κ2) is 9.32. The number of morpholine rings is 1. The van der Waals surface area contributed by atoms with Crippen LogP contribution in [-0.4, -0.2) is 48.7 Å². The Morgan fingerprint density at radius 1 is 1.22 bits per heavy atom. The third-order valence-corrected chi connectivity index (χ3v) is 4.41. The number of hydrogen-bond acceptors (Lipinski definition) is 6. The highest BCUT2D eigenvalue weighted by molar-refractivity contribution is 5.92. The van der Waals surface area contributed by atoms with Gasteiger partial charge in [-0.25, -0.2) is 9.97 Å². The fourth-order valence-electron chi connectivity index (χ4n) is 2.99. The van der Waals surface area contributed by atoms with Crippen molar-refractivity contribution in [2.75, 3.05) is 43.1 Å². The van der Waals surface area contributed by atoms with Gasteiger partial charge in [0.25, 0.3) is 5.91 Å². The number of para-hydroxylation sites is 2. The molecule has 0 aliphatic carbocycles. The Hall–Kier alpha value is -2.67. The summed E-state index contributed by atoms with van der Waals surface area (Å²) in [7, 11) is 0. The van der Waals surface area contributed by atoms with Crippen LogP contribution >= 0.6 is 0 Å². The molecular weight excluding hydrogens is 342 g/mol. The first-order valence-corrected chi connectivity index (χ1v) is 9.50. The number of aromatic nitrogens is 2. The highest BCUT2D eigenvalue weighted by Gasteiger charge is 2.16. The predicted octanol–water partition coefficient (Wildman–Crippen LogP) is 2.90. The van der Waals surface area contributed by atoms with Crippen LogP contribution in [0.1, 0.15) is 35.9 Å². The van der Waals surface area contributed by atoms with Gasteiger partial charge in [-0.05, 0) is 31.5 Å². The van der Waals surface area contributed by atoms with Crippen LogP contribution in [0.2, 0.25) is 0 Å². The van der Waals surface area contributed by atoms with Crippen LogP contribution in [0.25, 0.3) is 0 Å². The zero-order chi connectivity index (χ0) is 19.1. The van der Waals surface area contributed by atoms with Crippen molar-refractivity contribution in [2.45, 2.75) is 26.7 Å². The summed E-state index contributed by atoms with van der Waals surface area (Å²) in [5, 5.41) is 6.19. The van der Waals surface area contributed by atoms with E-state index in [-0.39, 0.29) is 5.91 Å². The Bertz CT molecular complexity index is 775. The molecule has 1 fully saturated rings. The fraction of sp³-hybridized carbons (Fsp3) is 0.450. The van der Waals surface area contributed by atoms with Crippen molar-refractivity contribution in [3.05, 3.63) is 41.7 Å². The second-order valence-electron chi connectivity index (χ2n) is 6.57. The molecule has 0 bridgehead atoms. The van der Waals surface area contributed by atoms with Gasteiger partial charge in [0, 0.05) is 25.3 Å². The number of carbonyl (C=O) groups excluding carboxylic acids is 1. The molecule has 0 spiro atoms. The van der Waals surface area contributed by atoms with Gasteiger partial charge in [-0.1, -0.05) is 25.5 Å². The molecule has 1 aromatic carbocycles. The van der Waals surface area contributed by atoms with Gasteiger partial charge < -0.3 is 20.3 Å². The standard InChI is InChI=1S/C20H27N5O2/c1-3-4-9-21-19(26)17-14-15(2)22-20(24-17)23-16-7-5-6-8-18(16)25-10-12-27-13-11-25/h5-8,14H,3-4,9-13H2,1-2H3,(H,21,26)(H,22,23,24). The molecule has 0 atom stereocenters. The number of carbonyl (C=O) groups is 1. The SMILES string of the molecule is CCCCNC(=O)c1cc(C)nc(Nc2ccccc2N2CCOCC2)n1. The summed E-state index contributed by atoms with van der Waals surface area (Å²) in [5.74, 6) is 0.259. The van der Waals surface area contributed by atoms with Gasteiger partial charge in [-0.2, -0.15) is 0 Å². The van der Waals surface area contributed by atoms with E-state index in [9.17, 15) is 4.79 Å². The van der Waals surface area contributed by atoms with Gasteiger partial charge in [0.1, 0.15) is 5.69 Å². The molecule has 1 aliphatic heterocycles. The van der Waals surface area contributed by atoms with Crippen LogP contribution in [0.4, 0.5) is 17.3 Å². The molecule has 2 heterocycles. The Balaban J connectivity index is 1.79. The molecule has 27 heavy (non-hydrogen) atoms. The average Bonchev–Trinajstić information content (AvgIpc) is 2.69. The van der Waals surface area contributed by atoms with Gasteiger partial charge in [-0.3, -0.25) is 4.79 Å². The molecule has 7 heteroatoms. The van der Waals surface area contributed by atoms with E-state index in [1.165, 1.54) is 0 Å². The Labute approximate surface area is 160 Å². The first-order valence-electron chi connectivity index (χ1n) is 9.50. The lowest BCUT2D eigenvalue weighted by atomic mass is 10.2. The first-order chi connectivity index (χ1) is 13.2. The van der Waals surface area contributed by atoms with E-state index in [0.29, 0.717) is 18.2 Å². The van der Waals surface area contributed by atoms with Crippen LogP contribution < -0.4 is 15.5 Å². The van der Waals surface area contributed by atoms with Crippen molar-refractivity contribution >= 4 is 23.2 Å². The molecule has 7 nitrogen and oxygen atoms in total. The van der Waals surface area contributed by atoms with Crippen LogP contribution in [0, 0.1) is 6.92 Å². The minimum atomic E-state index is -0.168. The van der Waals surface area contributed by atoms with Crippen LogP contribution in [0.5, 0.6) is 0 Å². The molecular formula is C20H27N5O2. The summed E-state index contributed by atoms with van der Waals surface area (Å²) < 4.78 is 5.45. The van der Waals surface area contributed by atoms with Crippen molar-refractivity contribution in [1.29, 1.82) is 0 Å². The molecule has 0 saturated carbocycles. The number of anilines is 3. The summed E-state index contributed by atoms with van der Waals surface area (Å²) in [6, 6.07) is 9.76. The number of aryl methyl sites for hydroxylation is 1. The van der Waals surface area contributed by atoms with Gasteiger partial charge >= 0.3 is 0 Å². The van der Waals surface area contributed by atoms with Crippen molar-refractivity contribution in [3.8, 4) is 0 Å². The Morgan fingerprint density at radius 2 is 2.00 bits per heavy atom. The van der Waals surface area contributed by atoms with Crippen LogP contribution in [0.3, 0.4) is 0 Å². The van der Waals surface area contributed by atoms with Crippen molar-refractivity contribution in [3.63, 3.8) is 0 Å². The number of ether oxygens (including phenoxy) is 1. The van der Waals surface area contributed by atoms with E-state index in [2.05, 4.69) is 38.5 Å².